The maximum absolute atomic E-state index is 13.6. The van der Waals surface area contributed by atoms with Crippen molar-refractivity contribution >= 4 is 45.5 Å². The molecular formula is C25H20N2O3S2. The SMILES string of the molecule is CCOC(=O)C1=C(C)N=c2sc(=Cc3cccs3)c(=O)n2C1c1cccc2ccccc12. The Balaban J connectivity index is 1.83. The van der Waals surface area contributed by atoms with Gasteiger partial charge in [0.05, 0.1) is 28.5 Å². The number of thiophene rings is 1. The highest BCUT2D eigenvalue weighted by molar-refractivity contribution is 7.11. The number of nitrogens with zero attached hydrogens (tertiary/aromatic N) is 2. The molecule has 1 aliphatic heterocycles. The second-order valence-electron chi connectivity index (χ2n) is 7.39. The average molecular weight is 461 g/mol. The quantitative estimate of drug-likeness (QED) is 0.432. The molecule has 5 rings (SSSR count). The molecule has 0 saturated heterocycles. The molecule has 0 bridgehead atoms. The number of benzene rings is 2. The highest BCUT2D eigenvalue weighted by Crippen LogP contribution is 2.34. The lowest BCUT2D eigenvalue weighted by Gasteiger charge is -2.25. The summed E-state index contributed by atoms with van der Waals surface area (Å²) in [6, 6.07) is 17.3. The fourth-order valence-electron chi connectivity index (χ4n) is 4.08. The summed E-state index contributed by atoms with van der Waals surface area (Å²) in [7, 11) is 0. The van der Waals surface area contributed by atoms with Crippen molar-refractivity contribution in [3.63, 3.8) is 0 Å². The molecule has 2 aromatic carbocycles. The third kappa shape index (κ3) is 3.43. The first kappa shape index (κ1) is 20.6. The van der Waals surface area contributed by atoms with Gasteiger partial charge in [0.1, 0.15) is 0 Å². The normalized spacial score (nSPS) is 16.2. The number of hydrogen-bond donors (Lipinski definition) is 0. The number of carbonyl (C=O) groups is 1. The summed E-state index contributed by atoms with van der Waals surface area (Å²) >= 11 is 2.92. The number of fused-ring (bicyclic) bond motifs is 2. The fraction of sp³-hybridized carbons (Fsp3) is 0.160. The molecule has 5 nitrogen and oxygen atoms in total. The summed E-state index contributed by atoms with van der Waals surface area (Å²) in [6.45, 7) is 3.83. The van der Waals surface area contributed by atoms with E-state index in [0.717, 1.165) is 21.2 Å². The molecule has 32 heavy (non-hydrogen) atoms. The van der Waals surface area contributed by atoms with Gasteiger partial charge in [0.25, 0.3) is 5.56 Å². The predicted octanol–water partition coefficient (Wildman–Crippen LogP) is 4.01. The molecular weight excluding hydrogens is 440 g/mol. The minimum absolute atomic E-state index is 0.158. The van der Waals surface area contributed by atoms with Crippen molar-refractivity contribution in [2.45, 2.75) is 19.9 Å². The van der Waals surface area contributed by atoms with Gasteiger partial charge in [0.2, 0.25) is 0 Å². The zero-order valence-corrected chi connectivity index (χ0v) is 19.2. The monoisotopic (exact) mass is 460 g/mol. The van der Waals surface area contributed by atoms with Gasteiger partial charge >= 0.3 is 5.97 Å². The number of ether oxygens (including phenoxy) is 1. The first-order chi connectivity index (χ1) is 15.6. The van der Waals surface area contributed by atoms with Gasteiger partial charge in [-0.15, -0.1) is 11.3 Å². The van der Waals surface area contributed by atoms with Gasteiger partial charge in [-0.2, -0.15) is 0 Å². The van der Waals surface area contributed by atoms with E-state index in [2.05, 4.69) is 4.99 Å². The van der Waals surface area contributed by atoms with Crippen LogP contribution in [0.25, 0.3) is 16.8 Å². The van der Waals surface area contributed by atoms with E-state index in [9.17, 15) is 9.59 Å². The number of rotatable bonds is 4. The number of thiazole rings is 1. The Morgan fingerprint density at radius 1 is 1.16 bits per heavy atom. The second-order valence-corrected chi connectivity index (χ2v) is 9.37. The molecule has 1 atom stereocenters. The molecule has 0 aliphatic carbocycles. The number of hydrogen-bond acceptors (Lipinski definition) is 6. The van der Waals surface area contributed by atoms with Gasteiger partial charge in [0.15, 0.2) is 4.80 Å². The number of esters is 1. The first-order valence-electron chi connectivity index (χ1n) is 10.3. The molecule has 0 fully saturated rings. The molecule has 0 saturated carbocycles. The summed E-state index contributed by atoms with van der Waals surface area (Å²) in [5, 5.41) is 4.01. The first-order valence-corrected chi connectivity index (χ1v) is 12.0. The fourth-order valence-corrected chi connectivity index (χ4v) is 5.85. The molecule has 4 aromatic rings. The van der Waals surface area contributed by atoms with Crippen molar-refractivity contribution in [3.05, 3.63) is 101 Å². The summed E-state index contributed by atoms with van der Waals surface area (Å²) in [4.78, 5) is 32.9. The summed E-state index contributed by atoms with van der Waals surface area (Å²) in [6.07, 6.45) is 1.89. The Kier molecular flexibility index (Phi) is 5.36. The molecule has 0 spiro atoms. The van der Waals surface area contributed by atoms with Crippen molar-refractivity contribution in [3.8, 4) is 0 Å². The van der Waals surface area contributed by atoms with Crippen molar-refractivity contribution < 1.29 is 9.53 Å². The van der Waals surface area contributed by atoms with Crippen molar-refractivity contribution in [1.29, 1.82) is 0 Å². The Morgan fingerprint density at radius 2 is 1.97 bits per heavy atom. The topological polar surface area (TPSA) is 60.7 Å². The second kappa shape index (κ2) is 8.33. The highest BCUT2D eigenvalue weighted by Gasteiger charge is 2.34. The van der Waals surface area contributed by atoms with E-state index < -0.39 is 12.0 Å². The van der Waals surface area contributed by atoms with E-state index in [4.69, 9.17) is 4.74 Å². The van der Waals surface area contributed by atoms with E-state index in [1.54, 1.807) is 29.8 Å². The van der Waals surface area contributed by atoms with E-state index in [1.165, 1.54) is 11.3 Å². The molecule has 3 heterocycles. The molecule has 2 aromatic heterocycles. The molecule has 1 aliphatic rings. The number of allylic oxidation sites excluding steroid dienone is 1. The summed E-state index contributed by atoms with van der Waals surface area (Å²) in [5.74, 6) is -0.445. The predicted molar refractivity (Wildman–Crippen MR) is 129 cm³/mol. The Hall–Kier alpha value is -3.29. The lowest BCUT2D eigenvalue weighted by atomic mass is 9.91. The van der Waals surface area contributed by atoms with Gasteiger partial charge in [-0.1, -0.05) is 59.9 Å². The van der Waals surface area contributed by atoms with Crippen LogP contribution >= 0.6 is 22.7 Å². The molecule has 0 amide bonds. The van der Waals surface area contributed by atoms with Crippen LogP contribution in [-0.4, -0.2) is 17.1 Å². The third-order valence-electron chi connectivity index (χ3n) is 5.45. The van der Waals surface area contributed by atoms with Gasteiger partial charge in [-0.25, -0.2) is 9.79 Å². The molecule has 160 valence electrons. The molecule has 0 N–H and O–H groups in total. The third-order valence-corrected chi connectivity index (χ3v) is 7.25. The largest absolute Gasteiger partial charge is 0.463 e. The van der Waals surface area contributed by atoms with Crippen LogP contribution in [0.2, 0.25) is 0 Å². The van der Waals surface area contributed by atoms with Crippen LogP contribution in [0.3, 0.4) is 0 Å². The lowest BCUT2D eigenvalue weighted by molar-refractivity contribution is -0.139. The summed E-state index contributed by atoms with van der Waals surface area (Å²) in [5.41, 5.74) is 1.70. The van der Waals surface area contributed by atoms with Crippen LogP contribution in [0.1, 0.15) is 30.3 Å². The van der Waals surface area contributed by atoms with E-state index >= 15 is 0 Å². The van der Waals surface area contributed by atoms with Crippen molar-refractivity contribution in [2.24, 2.45) is 4.99 Å². The average Bonchev–Trinajstić information content (AvgIpc) is 3.41. The standard InChI is InChI=1S/C25H20N2O3S2/c1-3-30-24(29)21-15(2)26-25-27(23(28)20(32-25)14-17-10-7-13-31-17)22(21)19-12-6-9-16-8-4-5-11-18(16)19/h4-14,22H,3H2,1-2H3. The van der Waals surface area contributed by atoms with Crippen LogP contribution in [-0.2, 0) is 9.53 Å². The summed E-state index contributed by atoms with van der Waals surface area (Å²) < 4.78 is 7.62. The number of carbonyl (C=O) groups excluding carboxylic acids is 1. The lowest BCUT2D eigenvalue weighted by Crippen LogP contribution is -2.40. The van der Waals surface area contributed by atoms with E-state index in [-0.39, 0.29) is 12.2 Å². The smallest absolute Gasteiger partial charge is 0.338 e. The zero-order valence-electron chi connectivity index (χ0n) is 17.6. The van der Waals surface area contributed by atoms with Crippen LogP contribution in [0.4, 0.5) is 0 Å². The molecule has 1 unspecified atom stereocenters. The molecule has 0 radical (unpaired) electrons. The minimum atomic E-state index is -0.609. The molecule has 7 heteroatoms. The van der Waals surface area contributed by atoms with Crippen LogP contribution in [0, 0.1) is 0 Å². The van der Waals surface area contributed by atoms with Crippen LogP contribution in [0.15, 0.2) is 81.0 Å². The maximum Gasteiger partial charge on any atom is 0.338 e. The zero-order chi connectivity index (χ0) is 22.2. The van der Waals surface area contributed by atoms with E-state index in [1.807, 2.05) is 66.1 Å². The van der Waals surface area contributed by atoms with Crippen molar-refractivity contribution in [2.75, 3.05) is 6.61 Å². The minimum Gasteiger partial charge on any atom is -0.463 e. The van der Waals surface area contributed by atoms with Gasteiger partial charge in [-0.3, -0.25) is 9.36 Å². The number of aromatic nitrogens is 1. The Bertz CT molecular complexity index is 1540. The van der Waals surface area contributed by atoms with Crippen LogP contribution < -0.4 is 14.9 Å². The van der Waals surface area contributed by atoms with Gasteiger partial charge < -0.3 is 4.74 Å². The van der Waals surface area contributed by atoms with E-state index in [0.29, 0.717) is 20.6 Å². The highest BCUT2D eigenvalue weighted by atomic mass is 32.1. The Labute approximate surface area is 192 Å². The maximum atomic E-state index is 13.6. The van der Waals surface area contributed by atoms with Crippen molar-refractivity contribution in [1.82, 2.24) is 4.57 Å². The Morgan fingerprint density at radius 3 is 2.75 bits per heavy atom. The van der Waals surface area contributed by atoms with Gasteiger partial charge in [-0.05, 0) is 47.7 Å². The van der Waals surface area contributed by atoms with Gasteiger partial charge in [0, 0.05) is 4.88 Å². The van der Waals surface area contributed by atoms with Crippen LogP contribution in [0.5, 0.6) is 0 Å².